The maximum Gasteiger partial charge on any atom is 0.410 e. The molecule has 16 aliphatic rings. The van der Waals surface area contributed by atoms with Gasteiger partial charge in [0.15, 0.2) is 0 Å². The van der Waals surface area contributed by atoms with Gasteiger partial charge in [-0.15, -0.1) is 19.7 Å². The van der Waals surface area contributed by atoms with Gasteiger partial charge in [-0.25, -0.2) is 49.2 Å². The molecule has 9 heterocycles. The van der Waals surface area contributed by atoms with Crippen LogP contribution in [0.1, 0.15) is 239 Å². The van der Waals surface area contributed by atoms with Crippen LogP contribution in [-0.4, -0.2) is 288 Å². The Labute approximate surface area is 869 Å². The number of carbonyl (C=O) groups excluding carboxylic acids is 15. The zero-order chi connectivity index (χ0) is 107. The van der Waals surface area contributed by atoms with Crippen LogP contribution >= 0.6 is 0 Å². The van der Waals surface area contributed by atoms with E-state index in [1.807, 2.05) is 57.2 Å². The summed E-state index contributed by atoms with van der Waals surface area (Å²) in [6.07, 6.45) is 15.0. The molecule has 44 heteroatoms. The highest BCUT2D eigenvalue weighted by Crippen LogP contribution is 2.50. The first-order valence-electron chi connectivity index (χ1n) is 52.7. The number of hydrogen-bond donors (Lipinski definition) is 9. The predicted molar refractivity (Wildman–Crippen MR) is 542 cm³/mol. The molecule has 0 spiro atoms. The van der Waals surface area contributed by atoms with E-state index in [2.05, 4.69) is 84.0 Å². The van der Waals surface area contributed by atoms with Crippen LogP contribution in [0.15, 0.2) is 92.6 Å². The van der Waals surface area contributed by atoms with Gasteiger partial charge in [0, 0.05) is 110 Å². The zero-order valence-corrected chi connectivity index (χ0v) is 88.3. The Morgan fingerprint density at radius 1 is 0.416 bits per heavy atom. The molecule has 7 saturated carbocycles. The lowest BCUT2D eigenvalue weighted by atomic mass is 9.85. The van der Waals surface area contributed by atoms with Crippen molar-refractivity contribution in [1.82, 2.24) is 85.3 Å². The molecule has 0 aromatic heterocycles. The molecular weight excluding hydrogens is 1980 g/mol. The van der Waals surface area contributed by atoms with Gasteiger partial charge >= 0.3 is 30.3 Å². The van der Waals surface area contributed by atoms with Gasteiger partial charge in [-0.05, 0) is 196 Å². The third-order valence-electron chi connectivity index (χ3n) is 32.6. The number of rotatable bonds is 20. The fourth-order valence-electron chi connectivity index (χ4n) is 22.8. The van der Waals surface area contributed by atoms with Crippen molar-refractivity contribution < 1.29 is 111 Å². The topological polar surface area (TPSA) is 520 Å². The molecule has 10 fully saturated rings. The second kappa shape index (κ2) is 43.3. The quantitative estimate of drug-likeness (QED) is 0.0429. The second-order valence-electron chi connectivity index (χ2n) is 44.9. The molecule has 12 bridgehead atoms. The van der Waals surface area contributed by atoms with E-state index < -0.39 is 224 Å². The fraction of sp³-hybridized carbons (Fsp3) is 0.629. The van der Waals surface area contributed by atoms with Gasteiger partial charge in [-0.2, -0.15) is 0 Å². The number of nitrogens with one attached hydrogen (secondary N) is 9. The lowest BCUT2D eigenvalue weighted by molar-refractivity contribution is -0.143. The summed E-state index contributed by atoms with van der Waals surface area (Å²) in [5, 5.41) is 15.1. The zero-order valence-electron chi connectivity index (χ0n) is 85.8. The molecule has 0 unspecified atom stereocenters. The van der Waals surface area contributed by atoms with Crippen molar-refractivity contribution in [3.63, 3.8) is 0 Å². The molecule has 15 atom stereocenters. The Bertz CT molecular complexity index is 6220. The van der Waals surface area contributed by atoms with Crippen LogP contribution in [-0.2, 0) is 151 Å². The van der Waals surface area contributed by atoms with E-state index in [0.29, 0.717) is 97.3 Å². The Hall–Kier alpha value is -12.2. The largest absolute Gasteiger partial charge is 0.444 e. The van der Waals surface area contributed by atoms with E-state index in [1.54, 1.807) is 52.4 Å². The minimum Gasteiger partial charge on any atom is -0.444 e. The van der Waals surface area contributed by atoms with Gasteiger partial charge in [0.05, 0.1) is 35.4 Å². The molecule has 19 rings (SSSR count). The van der Waals surface area contributed by atoms with Gasteiger partial charge in [0.25, 0.3) is 17.7 Å². The van der Waals surface area contributed by atoms with Crippen LogP contribution in [0.4, 0.5) is 24.0 Å². The van der Waals surface area contributed by atoms with E-state index in [-0.39, 0.29) is 82.3 Å². The first-order valence-corrected chi connectivity index (χ1v) is 57.3. The number of sulfonamides is 3. The van der Waals surface area contributed by atoms with E-state index in [0.717, 1.165) is 128 Å². The monoisotopic (exact) mass is 2120 g/mol. The van der Waals surface area contributed by atoms with Gasteiger partial charge in [-0.1, -0.05) is 127 Å². The SMILES string of the molecule is C=C[C@@H]1C[C@]1(NC(=O)[C@@H]1C[C@@H]2CN1C(=O)[C@H](C(C)(C)C)NC(=O)N(C)CCCCc1cccc3c1CN(C3)C(=O)O2)C(=O)NS(=O)(=O)C1CC1.C=C[C@@H]1C[C@]1(NC(=O)[C@@H]1C[C@@H]2CN1C(=O)[C@H](C(C)C)NC(=O)N(C)CCCCc1cccc3c1CN(C3)C(=O)O2)C(=O)NS(=O)(=O)C1CC1.C=C[C@@H]1C[C@]1(NC(=O)[C@@H]1C[C@@H]2CN1C(=O)[C@H](C1CCCC1)NC(=O)CCCCCc1cccc3c1CN(C3)C(=O)O2)C(=O)NS(=O)(=O)C1CC1. The Morgan fingerprint density at radius 3 is 1.08 bits per heavy atom. The third-order valence-corrected chi connectivity index (χ3v) is 38.0. The lowest BCUT2D eigenvalue weighted by Gasteiger charge is -2.36. The average Bonchev–Trinajstić information content (AvgIpc) is 1.58. The second-order valence-corrected chi connectivity index (χ2v) is 50.7. The average molecular weight is 2120 g/mol. The molecular formula is C105H141N17O24S3. The molecule has 17 amide bonds. The third kappa shape index (κ3) is 23.6. The fourth-order valence-corrected chi connectivity index (χ4v) is 26.9. The summed E-state index contributed by atoms with van der Waals surface area (Å²) in [6.45, 7) is 23.2. The Morgan fingerprint density at radius 2 is 0.745 bits per heavy atom. The summed E-state index contributed by atoms with van der Waals surface area (Å²) >= 11 is 0. The van der Waals surface area contributed by atoms with Gasteiger partial charge in [0.2, 0.25) is 71.4 Å². The van der Waals surface area contributed by atoms with Gasteiger partial charge in [0.1, 0.15) is 71.2 Å². The molecule has 3 aromatic rings. The van der Waals surface area contributed by atoms with Crippen molar-refractivity contribution in [3.05, 3.63) is 143 Å². The van der Waals surface area contributed by atoms with Crippen molar-refractivity contribution in [1.29, 1.82) is 0 Å². The van der Waals surface area contributed by atoms with Crippen molar-refractivity contribution in [2.24, 2.45) is 35.0 Å². The van der Waals surface area contributed by atoms with E-state index in [1.165, 1.54) is 38.5 Å². The van der Waals surface area contributed by atoms with E-state index >= 15 is 0 Å². The minimum absolute atomic E-state index is 0.0164. The summed E-state index contributed by atoms with van der Waals surface area (Å²) in [7, 11) is -8.31. The molecule has 149 heavy (non-hydrogen) atoms. The number of nitrogens with zero attached hydrogens (tertiary/aromatic N) is 8. The molecule has 7 aliphatic carbocycles. The highest BCUT2D eigenvalue weighted by molar-refractivity contribution is 7.91. The Balaban J connectivity index is 0.000000152. The number of ether oxygens (including phenoxy) is 3. The van der Waals surface area contributed by atoms with Crippen LogP contribution in [0.5, 0.6) is 0 Å². The van der Waals surface area contributed by atoms with E-state index in [9.17, 15) is 97.2 Å². The molecule has 0 radical (unpaired) electrons. The van der Waals surface area contributed by atoms with Crippen molar-refractivity contribution in [3.8, 4) is 0 Å². The first-order chi connectivity index (χ1) is 70.8. The number of amides is 17. The smallest absolute Gasteiger partial charge is 0.410 e. The van der Waals surface area contributed by atoms with Crippen LogP contribution in [0, 0.1) is 35.0 Å². The Kier molecular flexibility index (Phi) is 31.4. The molecule has 808 valence electrons. The molecule has 41 nitrogen and oxygen atoms in total. The number of benzene rings is 3. The predicted octanol–water partition coefficient (Wildman–Crippen LogP) is 6.52. The summed E-state index contributed by atoms with van der Waals surface area (Å²) < 4.78 is 100. The first kappa shape index (κ1) is 108. The molecule has 3 saturated heterocycles. The number of carbonyl (C=O) groups is 15. The normalized spacial score (nSPS) is 29.6. The number of fused-ring (bicyclic) bond motifs is 9. The minimum atomic E-state index is -3.90. The maximum absolute atomic E-state index is 14.5. The van der Waals surface area contributed by atoms with Crippen molar-refractivity contribution in [2.45, 2.75) is 334 Å². The number of urea groups is 2. The highest BCUT2D eigenvalue weighted by Gasteiger charge is 2.66. The van der Waals surface area contributed by atoms with Crippen molar-refractivity contribution >= 4 is 119 Å². The van der Waals surface area contributed by atoms with Gasteiger partial charge in [-0.3, -0.25) is 76.8 Å². The molecule has 3 aromatic carbocycles. The summed E-state index contributed by atoms with van der Waals surface area (Å²) in [6, 6.07) is 10.9. The number of hydrogen-bond acceptors (Lipinski definition) is 24. The van der Waals surface area contributed by atoms with Crippen molar-refractivity contribution in [2.75, 3.05) is 46.8 Å². The van der Waals surface area contributed by atoms with E-state index in [4.69, 9.17) is 14.2 Å². The summed E-state index contributed by atoms with van der Waals surface area (Å²) in [5.74, 6) is -8.28. The van der Waals surface area contributed by atoms with Crippen LogP contribution in [0.2, 0.25) is 0 Å². The molecule has 9 aliphatic heterocycles. The molecule has 9 N–H and O–H groups in total. The van der Waals surface area contributed by atoms with Gasteiger partial charge < -0.3 is 70.6 Å². The van der Waals surface area contributed by atoms with Crippen LogP contribution in [0.25, 0.3) is 0 Å². The highest BCUT2D eigenvalue weighted by atomic mass is 32.2. The number of aryl methyl sites for hydroxylation is 3. The van der Waals surface area contributed by atoms with Crippen LogP contribution < -0.4 is 46.1 Å². The maximum atomic E-state index is 14.5. The standard InChI is InChI=1S/C36H47N5O8S.C35H48N6O8S.C34H46N6O8S/c1-2-25-18-36(25,34(45)39-50(47,48)27-15-16-27)38-32(43)29-17-26-20-41(29)33(44)31(23-10-6-7-11-23)37-30(42)14-5-3-4-9-22-12-8-13-24-19-40(21-28(22)24)35(46)49-26;1-6-23-17-35(23,31(44)38-50(47,48)25-13-14-25)37-29(42)27-16-24-19-41(27)30(43)28(34(2,3)4)36-32(45)39(5)15-8-7-10-21-11-9-12-22-18-40(20-26(21)22)33(46)49-24;1-5-23-16-34(23,31(43)37-49(46,47)25-12-13-25)36-29(41)27-15-24-18-40(27)30(42)28(20(2)3)35-32(44)38(4)14-7-6-9-21-10-8-11-22-17-39(19-26(21)22)33(45)48-24/h2,8,12-13,23,25-27,29,31H,1,3-7,9-11,14-21H2,(H,37,42)(H,38,43)(H,39,45);6,9,11-12,23-25,27-28H,1,7-8,10,13-20H2,2-5H3,(H,36,45)(H,37,42)(H,38,44);5,8,10-11,20,23-25,27-28H,1,6-7,9,12-19H2,2-4H3,(H,35,44)(H,36,41)(H,37,43)/t25-,26-,29+,31+,36-;23-,24-,27+,28-,35-;23-,24-,27+,28+,34-/m111/s1. The lowest BCUT2D eigenvalue weighted by Crippen LogP contribution is -2.61. The summed E-state index contributed by atoms with van der Waals surface area (Å²) in [4.78, 5) is 218. The van der Waals surface area contributed by atoms with Crippen LogP contribution in [0.3, 0.4) is 0 Å². The summed E-state index contributed by atoms with van der Waals surface area (Å²) in [5.41, 5.74) is 4.47.